The van der Waals surface area contributed by atoms with Crippen molar-refractivity contribution in [3.05, 3.63) is 95.8 Å². The van der Waals surface area contributed by atoms with Crippen LogP contribution in [0.25, 0.3) is 10.9 Å². The van der Waals surface area contributed by atoms with Gasteiger partial charge in [-0.15, -0.1) is 0 Å². The Hall–Kier alpha value is -4.13. The first-order valence-corrected chi connectivity index (χ1v) is 10.4. The Morgan fingerprint density at radius 3 is 2.59 bits per heavy atom. The Balaban J connectivity index is 1.50. The minimum absolute atomic E-state index is 0.119. The molecular weight excluding hydrogens is 404 g/mol. The van der Waals surface area contributed by atoms with Crippen LogP contribution in [0.3, 0.4) is 0 Å². The largest absolute Gasteiger partial charge is 0.445 e. The number of aromatic amines is 1. The zero-order valence-electron chi connectivity index (χ0n) is 17.7. The molecule has 0 aliphatic carbocycles. The second-order valence-electron chi connectivity index (χ2n) is 7.48. The number of anilines is 1. The number of benzene rings is 2. The molecule has 4 rings (SSSR count). The van der Waals surface area contributed by atoms with Crippen molar-refractivity contribution >= 4 is 28.7 Å². The summed E-state index contributed by atoms with van der Waals surface area (Å²) in [4.78, 5) is 33.1. The molecule has 0 fully saturated rings. The van der Waals surface area contributed by atoms with Gasteiger partial charge in [0.25, 0.3) is 0 Å². The Labute approximate surface area is 185 Å². The zero-order valence-corrected chi connectivity index (χ0v) is 17.7. The molecule has 32 heavy (non-hydrogen) atoms. The molecule has 4 aromatic rings. The van der Waals surface area contributed by atoms with E-state index < -0.39 is 12.1 Å². The molecule has 1 atom stereocenters. The predicted octanol–water partition coefficient (Wildman–Crippen LogP) is 4.35. The summed E-state index contributed by atoms with van der Waals surface area (Å²) >= 11 is 0. The fraction of sp³-hybridized carbons (Fsp3) is 0.160. The third-order valence-corrected chi connectivity index (χ3v) is 5.06. The number of carbonyl (C=O) groups excluding carboxylic acids is 2. The van der Waals surface area contributed by atoms with E-state index in [0.717, 1.165) is 27.7 Å². The van der Waals surface area contributed by atoms with E-state index in [9.17, 15) is 9.59 Å². The lowest BCUT2D eigenvalue weighted by atomic mass is 10.0. The van der Waals surface area contributed by atoms with Crippen molar-refractivity contribution in [2.24, 2.45) is 0 Å². The van der Waals surface area contributed by atoms with E-state index in [1.54, 1.807) is 6.07 Å². The first-order chi connectivity index (χ1) is 15.6. The van der Waals surface area contributed by atoms with Gasteiger partial charge in [0.1, 0.15) is 18.5 Å². The maximum atomic E-state index is 13.1. The third-order valence-electron chi connectivity index (χ3n) is 5.06. The van der Waals surface area contributed by atoms with Gasteiger partial charge >= 0.3 is 6.09 Å². The van der Waals surface area contributed by atoms with Crippen LogP contribution in [0.5, 0.6) is 0 Å². The van der Waals surface area contributed by atoms with Crippen LogP contribution in [0.15, 0.2) is 79.0 Å². The second kappa shape index (κ2) is 9.78. The smallest absolute Gasteiger partial charge is 0.408 e. The average Bonchev–Trinajstić information content (AvgIpc) is 3.21. The molecule has 7 heteroatoms. The fourth-order valence-corrected chi connectivity index (χ4v) is 3.46. The van der Waals surface area contributed by atoms with Crippen LogP contribution in [-0.4, -0.2) is 28.0 Å². The highest BCUT2D eigenvalue weighted by Gasteiger charge is 2.24. The number of nitrogens with zero attached hydrogens (tertiary/aromatic N) is 1. The van der Waals surface area contributed by atoms with E-state index in [1.807, 2.05) is 79.9 Å². The van der Waals surface area contributed by atoms with Crippen LogP contribution in [0.2, 0.25) is 0 Å². The summed E-state index contributed by atoms with van der Waals surface area (Å²) in [5.41, 5.74) is 3.53. The quantitative estimate of drug-likeness (QED) is 0.408. The number of pyridine rings is 1. The van der Waals surface area contributed by atoms with Gasteiger partial charge in [-0.3, -0.25) is 4.79 Å². The number of carbonyl (C=O) groups is 2. The molecule has 0 aliphatic heterocycles. The molecule has 0 radical (unpaired) electrons. The standard InChI is InChI=1S/C25H24N4O3/c1-17-8-7-13-23(27-17)29-24(30)22(14-19-15-26-21-12-6-5-11-20(19)21)28-25(31)32-16-18-9-3-2-4-10-18/h2-13,15,22,26H,14,16H2,1H3,(H,28,31)(H,27,29,30)/t22-/m0/s1. The number of ether oxygens (including phenoxy) is 1. The number of rotatable bonds is 7. The monoisotopic (exact) mass is 428 g/mol. The summed E-state index contributed by atoms with van der Waals surface area (Å²) in [6.07, 6.45) is 1.49. The van der Waals surface area contributed by atoms with E-state index in [0.29, 0.717) is 12.2 Å². The summed E-state index contributed by atoms with van der Waals surface area (Å²) < 4.78 is 5.33. The van der Waals surface area contributed by atoms with Gasteiger partial charge in [-0.05, 0) is 36.2 Å². The summed E-state index contributed by atoms with van der Waals surface area (Å²) in [6, 6.07) is 21.7. The number of H-pyrrole nitrogens is 1. The number of para-hydroxylation sites is 1. The van der Waals surface area contributed by atoms with Crippen molar-refractivity contribution in [3.8, 4) is 0 Å². The van der Waals surface area contributed by atoms with Gasteiger partial charge in [0.15, 0.2) is 0 Å². The Morgan fingerprint density at radius 2 is 1.78 bits per heavy atom. The van der Waals surface area contributed by atoms with E-state index in [1.165, 1.54) is 0 Å². The van der Waals surface area contributed by atoms with Gasteiger partial charge in [-0.25, -0.2) is 9.78 Å². The molecule has 2 aromatic carbocycles. The Morgan fingerprint density at radius 1 is 1.00 bits per heavy atom. The normalized spacial score (nSPS) is 11.7. The van der Waals surface area contributed by atoms with Crippen LogP contribution in [-0.2, 0) is 22.6 Å². The molecular formula is C25H24N4O3. The molecule has 0 spiro atoms. The molecule has 2 amide bonds. The Bertz CT molecular complexity index is 1220. The van der Waals surface area contributed by atoms with Crippen LogP contribution >= 0.6 is 0 Å². The number of alkyl carbamates (subject to hydrolysis) is 1. The SMILES string of the molecule is Cc1cccc(NC(=O)[C@H](Cc2c[nH]c3ccccc23)NC(=O)OCc2ccccc2)n1. The van der Waals surface area contributed by atoms with Crippen molar-refractivity contribution in [2.75, 3.05) is 5.32 Å². The van der Waals surface area contributed by atoms with Crippen LogP contribution in [0, 0.1) is 6.92 Å². The first-order valence-electron chi connectivity index (χ1n) is 10.4. The predicted molar refractivity (Wildman–Crippen MR) is 123 cm³/mol. The molecule has 0 bridgehead atoms. The van der Waals surface area contributed by atoms with Crippen molar-refractivity contribution in [2.45, 2.75) is 26.0 Å². The number of hydrogen-bond donors (Lipinski definition) is 3. The van der Waals surface area contributed by atoms with Crippen molar-refractivity contribution < 1.29 is 14.3 Å². The summed E-state index contributed by atoms with van der Waals surface area (Å²) in [5.74, 6) is 0.0587. The molecule has 0 saturated heterocycles. The summed E-state index contributed by atoms with van der Waals surface area (Å²) in [6.45, 7) is 1.96. The highest BCUT2D eigenvalue weighted by molar-refractivity contribution is 5.96. The molecule has 0 unspecified atom stereocenters. The van der Waals surface area contributed by atoms with E-state index in [4.69, 9.17) is 4.74 Å². The Kier molecular flexibility index (Phi) is 6.46. The molecule has 0 aliphatic rings. The minimum atomic E-state index is -0.847. The maximum Gasteiger partial charge on any atom is 0.408 e. The third kappa shape index (κ3) is 5.31. The number of aromatic nitrogens is 2. The lowest BCUT2D eigenvalue weighted by molar-refractivity contribution is -0.118. The van der Waals surface area contributed by atoms with Crippen molar-refractivity contribution in [3.63, 3.8) is 0 Å². The average molecular weight is 428 g/mol. The highest BCUT2D eigenvalue weighted by atomic mass is 16.5. The van der Waals surface area contributed by atoms with Gasteiger partial charge in [-0.1, -0.05) is 54.6 Å². The molecule has 7 nitrogen and oxygen atoms in total. The van der Waals surface area contributed by atoms with Gasteiger partial charge in [-0.2, -0.15) is 0 Å². The topological polar surface area (TPSA) is 96.1 Å². The number of fused-ring (bicyclic) bond motifs is 1. The number of amides is 2. The van der Waals surface area contributed by atoms with Crippen molar-refractivity contribution in [1.29, 1.82) is 0 Å². The number of hydrogen-bond acceptors (Lipinski definition) is 4. The first kappa shape index (κ1) is 21.1. The number of aryl methyl sites for hydroxylation is 1. The second-order valence-corrected chi connectivity index (χ2v) is 7.48. The van der Waals surface area contributed by atoms with Gasteiger partial charge < -0.3 is 20.4 Å². The summed E-state index contributed by atoms with van der Waals surface area (Å²) in [5, 5.41) is 6.50. The lowest BCUT2D eigenvalue weighted by Gasteiger charge is -2.18. The van der Waals surface area contributed by atoms with Crippen molar-refractivity contribution in [1.82, 2.24) is 15.3 Å². The van der Waals surface area contributed by atoms with E-state index in [2.05, 4.69) is 20.6 Å². The highest BCUT2D eigenvalue weighted by Crippen LogP contribution is 2.19. The van der Waals surface area contributed by atoms with Gasteiger partial charge in [0.2, 0.25) is 5.91 Å². The molecule has 2 aromatic heterocycles. The van der Waals surface area contributed by atoms with Crippen LogP contribution in [0.4, 0.5) is 10.6 Å². The lowest BCUT2D eigenvalue weighted by Crippen LogP contribution is -2.45. The summed E-state index contributed by atoms with van der Waals surface area (Å²) in [7, 11) is 0. The maximum absolute atomic E-state index is 13.1. The molecule has 0 saturated carbocycles. The zero-order chi connectivity index (χ0) is 22.3. The van der Waals surface area contributed by atoms with E-state index in [-0.39, 0.29) is 12.5 Å². The minimum Gasteiger partial charge on any atom is -0.445 e. The fourth-order valence-electron chi connectivity index (χ4n) is 3.46. The van der Waals surface area contributed by atoms with Gasteiger partial charge in [0.05, 0.1) is 0 Å². The molecule has 3 N–H and O–H groups in total. The van der Waals surface area contributed by atoms with Crippen LogP contribution < -0.4 is 10.6 Å². The molecule has 162 valence electrons. The van der Waals surface area contributed by atoms with Crippen LogP contribution in [0.1, 0.15) is 16.8 Å². The molecule has 2 heterocycles. The van der Waals surface area contributed by atoms with E-state index >= 15 is 0 Å². The van der Waals surface area contributed by atoms with Gasteiger partial charge in [0, 0.05) is 29.2 Å². The number of nitrogens with one attached hydrogen (secondary N) is 3.